The maximum Gasteiger partial charge on any atom is 0.574 e. The van der Waals surface area contributed by atoms with Gasteiger partial charge < -0.3 is 4.74 Å². The minimum atomic E-state index is -5.01. The van der Waals surface area contributed by atoms with Crippen LogP contribution >= 0.6 is 15.9 Å². The first kappa shape index (κ1) is 15.6. The topological polar surface area (TPSA) is 45.9 Å². The molecule has 19 heavy (non-hydrogen) atoms. The Kier molecular flexibility index (Phi) is 5.05. The summed E-state index contributed by atoms with van der Waals surface area (Å²) in [4.78, 5) is 3.40. The van der Waals surface area contributed by atoms with Crippen molar-refractivity contribution < 1.29 is 26.7 Å². The molecule has 0 unspecified atom stereocenters. The molecule has 0 fully saturated rings. The van der Waals surface area contributed by atoms with Gasteiger partial charge in [0.2, 0.25) is 5.88 Å². The van der Waals surface area contributed by atoms with Gasteiger partial charge in [0.1, 0.15) is 0 Å². The molecule has 0 aliphatic heterocycles. The molecule has 0 saturated carbocycles. The monoisotopic (exact) mass is 344 g/mol. The molecule has 1 aromatic rings. The summed E-state index contributed by atoms with van der Waals surface area (Å²) in [6, 6.07) is 2.37. The second-order valence-corrected chi connectivity index (χ2v) is 3.87. The number of halogens is 6. The Hall–Kier alpha value is -1.43. The van der Waals surface area contributed by atoms with Gasteiger partial charge >= 0.3 is 6.36 Å². The first-order valence-electron chi connectivity index (χ1n) is 4.78. The average Bonchev–Trinajstić information content (AvgIpc) is 2.28. The lowest BCUT2D eigenvalue weighted by atomic mass is 10.1. The Morgan fingerprint density at radius 1 is 1.42 bits per heavy atom. The maximum atomic E-state index is 12.7. The highest BCUT2D eigenvalue weighted by Gasteiger charge is 2.33. The fourth-order valence-electron chi connectivity index (χ4n) is 1.30. The predicted molar refractivity (Wildman–Crippen MR) is 57.8 cm³/mol. The van der Waals surface area contributed by atoms with Crippen LogP contribution in [0, 0.1) is 11.3 Å². The van der Waals surface area contributed by atoms with Crippen molar-refractivity contribution in [3.63, 3.8) is 0 Å². The summed E-state index contributed by atoms with van der Waals surface area (Å²) in [5.41, 5.74) is -1.13. The van der Waals surface area contributed by atoms with Crippen molar-refractivity contribution in [2.24, 2.45) is 0 Å². The van der Waals surface area contributed by atoms with Crippen LogP contribution < -0.4 is 4.74 Å². The second kappa shape index (κ2) is 6.14. The molecule has 0 atom stereocenters. The van der Waals surface area contributed by atoms with E-state index in [1.807, 2.05) is 0 Å². The van der Waals surface area contributed by atoms with E-state index in [0.29, 0.717) is 0 Å². The van der Waals surface area contributed by atoms with Crippen molar-refractivity contribution in [1.82, 2.24) is 4.98 Å². The Bertz CT molecular complexity index is 498. The second-order valence-electron chi connectivity index (χ2n) is 3.31. The zero-order valence-electron chi connectivity index (χ0n) is 9.14. The van der Waals surface area contributed by atoms with E-state index in [-0.39, 0.29) is 16.6 Å². The molecule has 1 aromatic heterocycles. The zero-order chi connectivity index (χ0) is 14.6. The average molecular weight is 345 g/mol. The molecule has 0 spiro atoms. The number of aromatic nitrogens is 1. The van der Waals surface area contributed by atoms with Gasteiger partial charge in [-0.25, -0.2) is 13.8 Å². The Morgan fingerprint density at radius 3 is 2.47 bits per heavy atom. The number of hydrogen-bond donors (Lipinski definition) is 0. The SMILES string of the molecule is N#CCc1cc(C(F)F)c(CBr)nc1OC(F)(F)F. The van der Waals surface area contributed by atoms with Crippen LogP contribution in [0.2, 0.25) is 0 Å². The van der Waals surface area contributed by atoms with Gasteiger partial charge in [0.05, 0.1) is 18.2 Å². The lowest BCUT2D eigenvalue weighted by Crippen LogP contribution is -2.20. The van der Waals surface area contributed by atoms with Gasteiger partial charge in [-0.2, -0.15) is 5.26 Å². The van der Waals surface area contributed by atoms with Gasteiger partial charge in [-0.3, -0.25) is 0 Å². The van der Waals surface area contributed by atoms with Crippen molar-refractivity contribution in [2.75, 3.05) is 0 Å². The van der Waals surface area contributed by atoms with Crippen molar-refractivity contribution in [2.45, 2.75) is 24.5 Å². The van der Waals surface area contributed by atoms with Gasteiger partial charge in [-0.15, -0.1) is 13.2 Å². The van der Waals surface area contributed by atoms with E-state index in [1.54, 1.807) is 6.07 Å². The third-order valence-electron chi connectivity index (χ3n) is 2.02. The van der Waals surface area contributed by atoms with Gasteiger partial charge in [-0.05, 0) is 6.07 Å². The third kappa shape index (κ3) is 4.31. The van der Waals surface area contributed by atoms with Crippen molar-refractivity contribution in [3.05, 3.63) is 22.9 Å². The van der Waals surface area contributed by atoms with Crippen LogP contribution in [0.1, 0.15) is 23.2 Å². The summed E-state index contributed by atoms with van der Waals surface area (Å²) in [7, 11) is 0. The molecule has 0 saturated heterocycles. The quantitative estimate of drug-likeness (QED) is 0.615. The molecule has 0 aromatic carbocycles. The number of rotatable bonds is 4. The van der Waals surface area contributed by atoms with Crippen LogP contribution in [0.3, 0.4) is 0 Å². The van der Waals surface area contributed by atoms with Crippen molar-refractivity contribution >= 4 is 15.9 Å². The van der Waals surface area contributed by atoms with E-state index in [0.717, 1.165) is 6.07 Å². The molecule has 0 radical (unpaired) electrons. The fourth-order valence-corrected chi connectivity index (χ4v) is 1.75. The molecule has 3 nitrogen and oxygen atoms in total. The van der Waals surface area contributed by atoms with Crippen LogP contribution in [0.5, 0.6) is 5.88 Å². The molecule has 0 aliphatic rings. The van der Waals surface area contributed by atoms with E-state index in [2.05, 4.69) is 25.7 Å². The van der Waals surface area contributed by atoms with Crippen molar-refractivity contribution in [3.8, 4) is 11.9 Å². The minimum Gasteiger partial charge on any atom is -0.388 e. The number of hydrogen-bond acceptors (Lipinski definition) is 3. The van der Waals surface area contributed by atoms with E-state index in [4.69, 9.17) is 5.26 Å². The normalized spacial score (nSPS) is 11.5. The molecule has 9 heteroatoms. The smallest absolute Gasteiger partial charge is 0.388 e. The Balaban J connectivity index is 3.32. The first-order valence-corrected chi connectivity index (χ1v) is 5.90. The Morgan fingerprint density at radius 2 is 2.05 bits per heavy atom. The first-order chi connectivity index (χ1) is 8.78. The summed E-state index contributed by atoms with van der Waals surface area (Å²) >= 11 is 2.86. The number of nitriles is 1. The lowest BCUT2D eigenvalue weighted by Gasteiger charge is -2.14. The van der Waals surface area contributed by atoms with Gasteiger partial charge in [0.15, 0.2) is 0 Å². The molecule has 0 amide bonds. The maximum absolute atomic E-state index is 12.7. The van der Waals surface area contributed by atoms with Gasteiger partial charge in [-0.1, -0.05) is 15.9 Å². The van der Waals surface area contributed by atoms with Crippen LogP contribution in [0.4, 0.5) is 22.0 Å². The molecular weight excluding hydrogens is 339 g/mol. The molecule has 1 rings (SSSR count). The minimum absolute atomic E-state index is 0.159. The van der Waals surface area contributed by atoms with Gasteiger partial charge in [0, 0.05) is 16.5 Å². The van der Waals surface area contributed by atoms with Gasteiger partial charge in [0.25, 0.3) is 6.43 Å². The standard InChI is InChI=1S/C10H6BrF5N2O/c11-4-7-6(8(12)13)3-5(1-2-17)9(18-7)19-10(14,15)16/h3,8H,1,4H2. The molecule has 0 aliphatic carbocycles. The highest BCUT2D eigenvalue weighted by atomic mass is 79.9. The van der Waals surface area contributed by atoms with Crippen molar-refractivity contribution in [1.29, 1.82) is 5.26 Å². The summed E-state index contributed by atoms with van der Waals surface area (Å²) in [5, 5.41) is 8.33. The van der Waals surface area contributed by atoms with Crippen LogP contribution in [0.25, 0.3) is 0 Å². The number of ether oxygens (including phenoxy) is 1. The highest BCUT2D eigenvalue weighted by Crippen LogP contribution is 2.31. The molecule has 104 valence electrons. The van der Waals surface area contributed by atoms with E-state index >= 15 is 0 Å². The van der Waals surface area contributed by atoms with E-state index in [9.17, 15) is 22.0 Å². The Labute approximate surface area is 113 Å². The summed E-state index contributed by atoms with van der Waals surface area (Å²) in [6.07, 6.45) is -8.43. The molecular formula is C10H6BrF5N2O. The van der Waals surface area contributed by atoms with E-state index in [1.165, 1.54) is 0 Å². The number of nitrogens with zero attached hydrogens (tertiary/aromatic N) is 2. The fraction of sp³-hybridized carbons (Fsp3) is 0.400. The third-order valence-corrected chi connectivity index (χ3v) is 2.55. The lowest BCUT2D eigenvalue weighted by molar-refractivity contribution is -0.276. The highest BCUT2D eigenvalue weighted by molar-refractivity contribution is 9.08. The van der Waals surface area contributed by atoms with E-state index < -0.39 is 30.7 Å². The molecule has 0 N–H and O–H groups in total. The summed E-state index contributed by atoms with van der Waals surface area (Å²) in [6.45, 7) is 0. The van der Waals surface area contributed by atoms with Crippen LogP contribution in [0.15, 0.2) is 6.07 Å². The van der Waals surface area contributed by atoms with Crippen LogP contribution in [-0.4, -0.2) is 11.3 Å². The zero-order valence-corrected chi connectivity index (χ0v) is 10.7. The summed E-state index contributed by atoms with van der Waals surface area (Å²) < 4.78 is 65.5. The number of pyridine rings is 1. The summed E-state index contributed by atoms with van der Waals surface area (Å²) in [5.74, 6) is -0.882. The predicted octanol–water partition coefficient (Wildman–Crippen LogP) is 3.88. The molecule has 0 bridgehead atoms. The molecule has 1 heterocycles. The van der Waals surface area contributed by atoms with Crippen LogP contribution in [-0.2, 0) is 11.8 Å². The largest absolute Gasteiger partial charge is 0.574 e. The number of alkyl halides is 6.